The molecule has 6 nitrogen and oxygen atoms in total. The zero-order chi connectivity index (χ0) is 17.6. The number of aliphatic hydroxyl groups excluding tert-OH is 1. The first-order chi connectivity index (χ1) is 12.1. The van der Waals surface area contributed by atoms with E-state index in [-0.39, 0.29) is 5.91 Å². The summed E-state index contributed by atoms with van der Waals surface area (Å²) in [5.74, 6) is 0.0614. The van der Waals surface area contributed by atoms with Crippen molar-refractivity contribution in [1.82, 2.24) is 14.8 Å². The van der Waals surface area contributed by atoms with Crippen LogP contribution in [0.3, 0.4) is 0 Å². The monoisotopic (exact) mass is 345 g/mol. The number of aromatic nitrogens is 1. The average Bonchev–Trinajstić information content (AvgIpc) is 3.03. The van der Waals surface area contributed by atoms with Crippen molar-refractivity contribution in [1.29, 1.82) is 0 Å². The van der Waals surface area contributed by atoms with Crippen LogP contribution in [0.15, 0.2) is 30.5 Å². The smallest absolute Gasteiger partial charge is 0.222 e. The lowest BCUT2D eigenvalue weighted by Gasteiger charge is -2.30. The number of H-pyrrole nitrogens is 1. The van der Waals surface area contributed by atoms with Gasteiger partial charge in [-0.2, -0.15) is 0 Å². The van der Waals surface area contributed by atoms with Crippen molar-refractivity contribution < 1.29 is 14.6 Å². The number of fused-ring (bicyclic) bond motifs is 1. The predicted molar refractivity (Wildman–Crippen MR) is 97.5 cm³/mol. The molecule has 3 rings (SSSR count). The molecule has 0 aliphatic carbocycles. The summed E-state index contributed by atoms with van der Waals surface area (Å²) in [6.45, 7) is 4.07. The number of carbonyl (C=O) groups is 1. The average molecular weight is 345 g/mol. The van der Waals surface area contributed by atoms with Crippen LogP contribution >= 0.6 is 0 Å². The van der Waals surface area contributed by atoms with E-state index < -0.39 is 6.10 Å². The minimum absolute atomic E-state index is 0.0614. The highest BCUT2D eigenvalue weighted by molar-refractivity contribution is 5.84. The number of ether oxygens (including phenoxy) is 1. The number of aryl methyl sites for hydroxylation is 1. The molecule has 0 radical (unpaired) electrons. The standard InChI is InChI=1S/C19H27N3O3/c1-21(13-16(23)14-22-8-10-25-11-9-22)19(24)7-6-15-12-20-18-5-3-2-4-17(15)18/h2-5,12,16,20,23H,6-11,13-14H2,1H3. The van der Waals surface area contributed by atoms with Gasteiger partial charge >= 0.3 is 0 Å². The molecule has 2 heterocycles. The van der Waals surface area contributed by atoms with Gasteiger partial charge in [0.2, 0.25) is 5.91 Å². The number of likely N-dealkylation sites (N-methyl/N-ethyl adjacent to an activating group) is 1. The van der Waals surface area contributed by atoms with Gasteiger partial charge in [0.15, 0.2) is 0 Å². The van der Waals surface area contributed by atoms with Crippen molar-refractivity contribution in [2.24, 2.45) is 0 Å². The highest BCUT2D eigenvalue weighted by atomic mass is 16.5. The number of aliphatic hydroxyl groups is 1. The Morgan fingerprint density at radius 3 is 2.92 bits per heavy atom. The fourth-order valence-corrected chi connectivity index (χ4v) is 3.33. The Kier molecular flexibility index (Phi) is 6.07. The Hall–Kier alpha value is -1.89. The molecule has 1 unspecified atom stereocenters. The summed E-state index contributed by atoms with van der Waals surface area (Å²) in [4.78, 5) is 19.4. The number of para-hydroxylation sites is 1. The summed E-state index contributed by atoms with van der Waals surface area (Å²) >= 11 is 0. The predicted octanol–water partition coefficient (Wildman–Crippen LogP) is 1.25. The second-order valence-electron chi connectivity index (χ2n) is 6.70. The third kappa shape index (κ3) is 4.81. The summed E-state index contributed by atoms with van der Waals surface area (Å²) in [7, 11) is 1.76. The fourth-order valence-electron chi connectivity index (χ4n) is 3.33. The van der Waals surface area contributed by atoms with E-state index in [9.17, 15) is 9.90 Å². The lowest BCUT2D eigenvalue weighted by atomic mass is 10.1. The van der Waals surface area contributed by atoms with Gasteiger partial charge in [-0.25, -0.2) is 0 Å². The number of aromatic amines is 1. The molecule has 0 spiro atoms. The van der Waals surface area contributed by atoms with E-state index in [1.165, 1.54) is 5.39 Å². The van der Waals surface area contributed by atoms with E-state index in [1.807, 2.05) is 24.4 Å². The zero-order valence-corrected chi connectivity index (χ0v) is 14.8. The molecule has 1 amide bonds. The molecular weight excluding hydrogens is 318 g/mol. The number of morpholine rings is 1. The minimum Gasteiger partial charge on any atom is -0.390 e. The van der Waals surface area contributed by atoms with Gasteiger partial charge in [-0.3, -0.25) is 9.69 Å². The van der Waals surface area contributed by atoms with Crippen LogP contribution in [-0.2, 0) is 16.0 Å². The molecular formula is C19H27N3O3. The number of benzene rings is 1. The number of nitrogens with one attached hydrogen (secondary N) is 1. The highest BCUT2D eigenvalue weighted by Crippen LogP contribution is 2.19. The van der Waals surface area contributed by atoms with Gasteiger partial charge in [-0.15, -0.1) is 0 Å². The SMILES string of the molecule is CN(CC(O)CN1CCOCC1)C(=O)CCc1c[nH]c2ccccc12. The highest BCUT2D eigenvalue weighted by Gasteiger charge is 2.18. The molecule has 25 heavy (non-hydrogen) atoms. The Balaban J connectivity index is 1.45. The Bertz CT molecular complexity index is 694. The number of rotatable bonds is 7. The molecule has 1 saturated heterocycles. The second kappa shape index (κ2) is 8.47. The van der Waals surface area contributed by atoms with Gasteiger partial charge in [0.1, 0.15) is 0 Å². The minimum atomic E-state index is -0.528. The molecule has 1 aliphatic heterocycles. The van der Waals surface area contributed by atoms with E-state index >= 15 is 0 Å². The summed E-state index contributed by atoms with van der Waals surface area (Å²) in [6, 6.07) is 8.11. The van der Waals surface area contributed by atoms with Crippen molar-refractivity contribution in [3.05, 3.63) is 36.0 Å². The quantitative estimate of drug-likeness (QED) is 0.793. The van der Waals surface area contributed by atoms with Crippen molar-refractivity contribution in [3.63, 3.8) is 0 Å². The van der Waals surface area contributed by atoms with E-state index in [4.69, 9.17) is 4.74 Å². The zero-order valence-electron chi connectivity index (χ0n) is 14.8. The molecule has 6 heteroatoms. The lowest BCUT2D eigenvalue weighted by Crippen LogP contribution is -2.45. The third-order valence-corrected chi connectivity index (χ3v) is 4.77. The fraction of sp³-hybridized carbons (Fsp3) is 0.526. The van der Waals surface area contributed by atoms with Gasteiger partial charge in [0.25, 0.3) is 0 Å². The second-order valence-corrected chi connectivity index (χ2v) is 6.70. The summed E-state index contributed by atoms with van der Waals surface area (Å²) in [5.41, 5.74) is 2.26. The largest absolute Gasteiger partial charge is 0.390 e. The summed E-state index contributed by atoms with van der Waals surface area (Å²) < 4.78 is 5.31. The van der Waals surface area contributed by atoms with Crippen molar-refractivity contribution in [3.8, 4) is 0 Å². The van der Waals surface area contributed by atoms with Gasteiger partial charge in [0, 0.05) is 56.7 Å². The van der Waals surface area contributed by atoms with Crippen LogP contribution in [-0.4, -0.2) is 78.3 Å². The maximum atomic E-state index is 12.4. The van der Waals surface area contributed by atoms with E-state index in [1.54, 1.807) is 11.9 Å². The summed E-state index contributed by atoms with van der Waals surface area (Å²) in [5, 5.41) is 11.4. The molecule has 0 saturated carbocycles. The van der Waals surface area contributed by atoms with Crippen molar-refractivity contribution >= 4 is 16.8 Å². The van der Waals surface area contributed by atoms with E-state index in [2.05, 4.69) is 16.0 Å². The summed E-state index contributed by atoms with van der Waals surface area (Å²) in [6.07, 6.45) is 2.60. The van der Waals surface area contributed by atoms with Gasteiger partial charge in [0.05, 0.1) is 19.3 Å². The van der Waals surface area contributed by atoms with Crippen LogP contribution in [0.4, 0.5) is 0 Å². The van der Waals surface area contributed by atoms with Gasteiger partial charge < -0.3 is 19.7 Å². The first-order valence-electron chi connectivity index (χ1n) is 8.90. The third-order valence-electron chi connectivity index (χ3n) is 4.77. The Morgan fingerprint density at radius 2 is 2.12 bits per heavy atom. The topological polar surface area (TPSA) is 68.8 Å². The van der Waals surface area contributed by atoms with Crippen LogP contribution in [0.25, 0.3) is 10.9 Å². The number of β-amino-alcohol motifs (C(OH)–C–C–N with tert-alkyl or cyclic N) is 1. The number of amides is 1. The number of nitrogens with zero attached hydrogens (tertiary/aromatic N) is 2. The van der Waals surface area contributed by atoms with Crippen LogP contribution in [0, 0.1) is 0 Å². The maximum Gasteiger partial charge on any atom is 0.222 e. The van der Waals surface area contributed by atoms with Crippen LogP contribution in [0.2, 0.25) is 0 Å². The van der Waals surface area contributed by atoms with Crippen molar-refractivity contribution in [2.75, 3.05) is 46.4 Å². The van der Waals surface area contributed by atoms with Gasteiger partial charge in [-0.05, 0) is 18.1 Å². The molecule has 1 aromatic heterocycles. The molecule has 1 atom stereocenters. The first kappa shape index (κ1) is 17.9. The van der Waals surface area contributed by atoms with Crippen LogP contribution in [0.1, 0.15) is 12.0 Å². The number of hydrogen-bond donors (Lipinski definition) is 2. The van der Waals surface area contributed by atoms with E-state index in [0.717, 1.165) is 24.2 Å². The van der Waals surface area contributed by atoms with E-state index in [0.29, 0.717) is 39.1 Å². The molecule has 2 N–H and O–H groups in total. The molecule has 0 bridgehead atoms. The Morgan fingerprint density at radius 1 is 1.36 bits per heavy atom. The van der Waals surface area contributed by atoms with Crippen molar-refractivity contribution in [2.45, 2.75) is 18.9 Å². The first-order valence-corrected chi connectivity index (χ1v) is 8.90. The lowest BCUT2D eigenvalue weighted by molar-refractivity contribution is -0.131. The van der Waals surface area contributed by atoms with Gasteiger partial charge in [-0.1, -0.05) is 18.2 Å². The molecule has 1 aliphatic rings. The normalized spacial score (nSPS) is 16.9. The van der Waals surface area contributed by atoms with Crippen LogP contribution < -0.4 is 0 Å². The number of hydrogen-bond acceptors (Lipinski definition) is 4. The Labute approximate surface area is 148 Å². The molecule has 1 fully saturated rings. The number of carbonyl (C=O) groups excluding carboxylic acids is 1. The molecule has 1 aromatic carbocycles. The van der Waals surface area contributed by atoms with Crippen LogP contribution in [0.5, 0.6) is 0 Å². The molecule has 2 aromatic rings. The maximum absolute atomic E-state index is 12.4. The molecule has 136 valence electrons.